The number of pyridine rings is 1. The van der Waals surface area contributed by atoms with Gasteiger partial charge in [-0.1, -0.05) is 18.2 Å². The number of hydrogen-bond acceptors (Lipinski definition) is 4. The number of fused-ring (bicyclic) bond motifs is 2. The van der Waals surface area contributed by atoms with Crippen molar-refractivity contribution in [2.24, 2.45) is 5.92 Å². The number of piperidine rings is 2. The van der Waals surface area contributed by atoms with Crippen LogP contribution in [-0.2, 0) is 17.9 Å². The summed E-state index contributed by atoms with van der Waals surface area (Å²) in [6.07, 6.45) is 3.92. The van der Waals surface area contributed by atoms with Crippen molar-refractivity contribution in [3.05, 3.63) is 59.9 Å². The molecule has 2 fully saturated rings. The van der Waals surface area contributed by atoms with Crippen molar-refractivity contribution in [2.45, 2.75) is 32.0 Å². The van der Waals surface area contributed by atoms with Gasteiger partial charge in [-0.25, -0.2) is 0 Å². The summed E-state index contributed by atoms with van der Waals surface area (Å²) < 4.78 is 5.23. The van der Waals surface area contributed by atoms with Gasteiger partial charge in [-0.3, -0.25) is 14.7 Å². The maximum atomic E-state index is 13.1. The summed E-state index contributed by atoms with van der Waals surface area (Å²) in [5.74, 6) is 1.72. The first-order chi connectivity index (χ1) is 12.7. The van der Waals surface area contributed by atoms with Gasteiger partial charge in [0.1, 0.15) is 5.75 Å². The largest absolute Gasteiger partial charge is 0.497 e. The molecule has 1 amide bonds. The Balaban J connectivity index is 1.46. The molecule has 26 heavy (non-hydrogen) atoms. The van der Waals surface area contributed by atoms with Crippen LogP contribution >= 0.6 is 0 Å². The highest BCUT2D eigenvalue weighted by molar-refractivity contribution is 5.83. The van der Waals surface area contributed by atoms with E-state index in [1.807, 2.05) is 35.2 Å². The average molecular weight is 351 g/mol. The fourth-order valence-corrected chi connectivity index (χ4v) is 4.11. The number of carbonyl (C=O) groups is 1. The molecule has 136 valence electrons. The van der Waals surface area contributed by atoms with Crippen molar-refractivity contribution in [3.63, 3.8) is 0 Å². The van der Waals surface area contributed by atoms with E-state index in [1.54, 1.807) is 13.3 Å². The molecular weight excluding hydrogens is 326 g/mol. The highest BCUT2D eigenvalue weighted by Crippen LogP contribution is 2.31. The number of hydrogen-bond donors (Lipinski definition) is 0. The first-order valence-electron chi connectivity index (χ1n) is 9.28. The molecule has 1 aromatic carbocycles. The predicted octanol–water partition coefficient (Wildman–Crippen LogP) is 2.71. The van der Waals surface area contributed by atoms with Crippen LogP contribution in [-0.4, -0.2) is 46.9 Å². The molecule has 1 aromatic heterocycles. The summed E-state index contributed by atoms with van der Waals surface area (Å²) >= 11 is 0. The summed E-state index contributed by atoms with van der Waals surface area (Å²) in [6.45, 7) is 3.28. The molecule has 5 heteroatoms. The second-order valence-electron chi connectivity index (χ2n) is 7.26. The highest BCUT2D eigenvalue weighted by atomic mass is 16.5. The number of likely N-dealkylation sites (tertiary alicyclic amines) is 2. The SMILES string of the molecule is COc1ccc(CN2CC[C@H]3C[C@@H]2C(=O)N(Cc2ccccn2)C3)cc1. The van der Waals surface area contributed by atoms with E-state index in [9.17, 15) is 4.79 Å². The van der Waals surface area contributed by atoms with Gasteiger partial charge in [-0.05, 0) is 55.1 Å². The van der Waals surface area contributed by atoms with E-state index < -0.39 is 0 Å². The van der Waals surface area contributed by atoms with E-state index in [1.165, 1.54) is 5.56 Å². The maximum absolute atomic E-state index is 13.1. The van der Waals surface area contributed by atoms with Crippen molar-refractivity contribution >= 4 is 5.91 Å². The molecule has 0 spiro atoms. The van der Waals surface area contributed by atoms with Crippen molar-refractivity contribution in [3.8, 4) is 5.75 Å². The second-order valence-corrected chi connectivity index (χ2v) is 7.26. The average Bonchev–Trinajstić information content (AvgIpc) is 2.69. The molecule has 2 saturated heterocycles. The molecule has 0 unspecified atom stereocenters. The Kier molecular flexibility index (Phi) is 4.89. The molecular formula is C21H25N3O2. The number of aromatic nitrogens is 1. The van der Waals surface area contributed by atoms with Crippen LogP contribution in [0.5, 0.6) is 5.75 Å². The molecule has 2 bridgehead atoms. The molecule has 0 saturated carbocycles. The lowest BCUT2D eigenvalue weighted by Gasteiger charge is -2.46. The fraction of sp³-hybridized carbons (Fsp3) is 0.429. The van der Waals surface area contributed by atoms with Crippen LogP contribution in [0.4, 0.5) is 0 Å². The van der Waals surface area contributed by atoms with Gasteiger partial charge in [0, 0.05) is 19.3 Å². The van der Waals surface area contributed by atoms with Crippen LogP contribution in [0, 0.1) is 5.92 Å². The molecule has 2 atom stereocenters. The van der Waals surface area contributed by atoms with Crippen LogP contribution in [0.3, 0.4) is 0 Å². The normalized spacial score (nSPS) is 23.1. The number of carbonyl (C=O) groups excluding carboxylic acids is 1. The van der Waals surface area contributed by atoms with Crippen molar-refractivity contribution < 1.29 is 9.53 Å². The number of nitrogens with zero attached hydrogens (tertiary/aromatic N) is 3. The third-order valence-electron chi connectivity index (χ3n) is 5.52. The lowest BCUT2D eigenvalue weighted by atomic mass is 9.85. The maximum Gasteiger partial charge on any atom is 0.240 e. The predicted molar refractivity (Wildman–Crippen MR) is 99.6 cm³/mol. The summed E-state index contributed by atoms with van der Waals surface area (Å²) in [6, 6.07) is 14.0. The molecule has 0 N–H and O–H groups in total. The van der Waals surface area contributed by atoms with Gasteiger partial charge in [0.15, 0.2) is 0 Å². The topological polar surface area (TPSA) is 45.7 Å². The number of ether oxygens (including phenoxy) is 1. The molecule has 3 heterocycles. The standard InChI is InChI=1S/C21H25N3O2/c1-26-19-7-5-16(6-8-19)13-23-11-9-17-12-20(23)21(25)24(14-17)15-18-4-2-3-10-22-18/h2-8,10,17,20H,9,11-15H2,1H3/t17-,20+/m0/s1. The van der Waals surface area contributed by atoms with Gasteiger partial charge >= 0.3 is 0 Å². The summed E-state index contributed by atoms with van der Waals surface area (Å²) in [7, 11) is 1.68. The molecule has 5 nitrogen and oxygen atoms in total. The molecule has 4 rings (SSSR count). The van der Waals surface area contributed by atoms with Crippen LogP contribution in [0.2, 0.25) is 0 Å². The van der Waals surface area contributed by atoms with Gasteiger partial charge in [0.25, 0.3) is 0 Å². The van der Waals surface area contributed by atoms with E-state index in [0.717, 1.165) is 43.9 Å². The lowest BCUT2D eigenvalue weighted by Crippen LogP contribution is -2.58. The van der Waals surface area contributed by atoms with E-state index in [2.05, 4.69) is 22.0 Å². The molecule has 0 radical (unpaired) electrons. The minimum Gasteiger partial charge on any atom is -0.497 e. The first kappa shape index (κ1) is 17.0. The number of amides is 1. The number of methoxy groups -OCH3 is 1. The van der Waals surface area contributed by atoms with Crippen LogP contribution < -0.4 is 4.74 Å². The Morgan fingerprint density at radius 2 is 2.00 bits per heavy atom. The Morgan fingerprint density at radius 3 is 2.73 bits per heavy atom. The van der Waals surface area contributed by atoms with Gasteiger partial charge in [-0.2, -0.15) is 0 Å². The van der Waals surface area contributed by atoms with E-state index in [0.29, 0.717) is 12.5 Å². The monoisotopic (exact) mass is 351 g/mol. The fourth-order valence-electron chi connectivity index (χ4n) is 4.11. The van der Waals surface area contributed by atoms with E-state index in [4.69, 9.17) is 4.74 Å². The van der Waals surface area contributed by atoms with Gasteiger partial charge in [0.05, 0.1) is 25.4 Å². The second kappa shape index (κ2) is 7.46. The van der Waals surface area contributed by atoms with Crippen molar-refractivity contribution in [2.75, 3.05) is 20.2 Å². The zero-order valence-corrected chi connectivity index (χ0v) is 15.2. The molecule has 0 aliphatic carbocycles. The van der Waals surface area contributed by atoms with Crippen molar-refractivity contribution in [1.29, 1.82) is 0 Å². The van der Waals surface area contributed by atoms with E-state index >= 15 is 0 Å². The minimum atomic E-state index is -0.00619. The Bertz CT molecular complexity index is 748. The number of benzene rings is 1. The summed E-state index contributed by atoms with van der Waals surface area (Å²) in [5.41, 5.74) is 2.18. The smallest absolute Gasteiger partial charge is 0.240 e. The minimum absolute atomic E-state index is 0.00619. The van der Waals surface area contributed by atoms with Gasteiger partial charge in [-0.15, -0.1) is 0 Å². The summed E-state index contributed by atoms with van der Waals surface area (Å²) in [4.78, 5) is 21.8. The number of rotatable bonds is 5. The van der Waals surface area contributed by atoms with Gasteiger partial charge < -0.3 is 9.64 Å². The highest BCUT2D eigenvalue weighted by Gasteiger charge is 2.41. The third kappa shape index (κ3) is 3.58. The van der Waals surface area contributed by atoms with Crippen LogP contribution in [0.25, 0.3) is 0 Å². The Labute approximate surface area is 154 Å². The molecule has 2 aliphatic heterocycles. The summed E-state index contributed by atoms with van der Waals surface area (Å²) in [5, 5.41) is 0. The zero-order valence-electron chi connectivity index (χ0n) is 15.2. The van der Waals surface area contributed by atoms with Gasteiger partial charge in [0.2, 0.25) is 5.91 Å². The Hall–Kier alpha value is -2.40. The zero-order chi connectivity index (χ0) is 17.9. The quantitative estimate of drug-likeness (QED) is 0.831. The van der Waals surface area contributed by atoms with E-state index in [-0.39, 0.29) is 11.9 Å². The Morgan fingerprint density at radius 1 is 1.15 bits per heavy atom. The molecule has 2 aliphatic rings. The van der Waals surface area contributed by atoms with Crippen LogP contribution in [0.1, 0.15) is 24.1 Å². The third-order valence-corrected chi connectivity index (χ3v) is 5.52. The van der Waals surface area contributed by atoms with Crippen molar-refractivity contribution in [1.82, 2.24) is 14.8 Å². The first-order valence-corrected chi connectivity index (χ1v) is 9.28. The lowest BCUT2D eigenvalue weighted by molar-refractivity contribution is -0.146. The molecule has 2 aromatic rings. The van der Waals surface area contributed by atoms with Crippen LogP contribution in [0.15, 0.2) is 48.7 Å².